The van der Waals surface area contributed by atoms with E-state index < -0.39 is 11.8 Å². The van der Waals surface area contributed by atoms with Crippen molar-refractivity contribution in [1.29, 1.82) is 0 Å². The van der Waals surface area contributed by atoms with Crippen LogP contribution in [0, 0.1) is 0 Å². The molecule has 0 saturated carbocycles. The molecule has 0 aliphatic heterocycles. The number of nitrogens with zero attached hydrogens (tertiary/aromatic N) is 2. The summed E-state index contributed by atoms with van der Waals surface area (Å²) in [6, 6.07) is 5.03. The molecule has 2 rings (SSSR count). The van der Waals surface area contributed by atoms with Crippen LogP contribution in [-0.2, 0) is 12.5 Å². The van der Waals surface area contributed by atoms with Crippen LogP contribution in [0.25, 0.3) is 0 Å². The van der Waals surface area contributed by atoms with Crippen LogP contribution in [0.5, 0.6) is 0 Å². The Balaban J connectivity index is 2.04. The van der Waals surface area contributed by atoms with E-state index in [1.807, 2.05) is 20.8 Å². The summed E-state index contributed by atoms with van der Waals surface area (Å²) in [6.45, 7) is 6.05. The maximum absolute atomic E-state index is 12.1. The van der Waals surface area contributed by atoms with Gasteiger partial charge in [-0.2, -0.15) is 5.10 Å². The first-order valence-corrected chi connectivity index (χ1v) is 6.57. The number of nitrogens with one attached hydrogen (secondary N) is 3. The molecule has 3 N–H and O–H groups in total. The molecule has 2 aromatic rings. The second-order valence-corrected chi connectivity index (χ2v) is 5.78. The number of carbonyl (C=O) groups is 2. The summed E-state index contributed by atoms with van der Waals surface area (Å²) < 4.78 is 1.50. The number of aromatic nitrogens is 3. The normalized spacial score (nSPS) is 11.2. The summed E-state index contributed by atoms with van der Waals surface area (Å²) in [5, 5.41) is 4.32. The zero-order valence-electron chi connectivity index (χ0n) is 12.5. The first kappa shape index (κ1) is 14.8. The lowest BCUT2D eigenvalue weighted by Crippen LogP contribution is -2.42. The van der Waals surface area contributed by atoms with Crippen LogP contribution in [0.4, 0.5) is 0 Å². The Morgan fingerprint density at radius 2 is 1.90 bits per heavy atom. The molecule has 0 radical (unpaired) electrons. The third-order valence-corrected chi connectivity index (χ3v) is 3.01. The third kappa shape index (κ3) is 3.31. The van der Waals surface area contributed by atoms with E-state index in [0.717, 1.165) is 5.69 Å². The van der Waals surface area contributed by atoms with Gasteiger partial charge in [0.2, 0.25) is 0 Å². The zero-order chi connectivity index (χ0) is 15.6. The Morgan fingerprint density at radius 3 is 2.43 bits per heavy atom. The summed E-state index contributed by atoms with van der Waals surface area (Å²) in [4.78, 5) is 26.5. The molecule has 112 valence electrons. The van der Waals surface area contributed by atoms with Crippen molar-refractivity contribution in [2.45, 2.75) is 26.2 Å². The lowest BCUT2D eigenvalue weighted by Gasteiger charge is -2.13. The van der Waals surface area contributed by atoms with Crippen molar-refractivity contribution in [2.75, 3.05) is 0 Å². The average Bonchev–Trinajstić information content (AvgIpc) is 3.03. The van der Waals surface area contributed by atoms with E-state index in [1.165, 1.54) is 4.68 Å². The lowest BCUT2D eigenvalue weighted by atomic mass is 9.92. The van der Waals surface area contributed by atoms with Crippen molar-refractivity contribution < 1.29 is 9.59 Å². The number of hydrogen-bond acceptors (Lipinski definition) is 3. The van der Waals surface area contributed by atoms with Gasteiger partial charge in [0.05, 0.1) is 5.69 Å². The molecule has 0 aliphatic carbocycles. The topological polar surface area (TPSA) is 91.8 Å². The third-order valence-electron chi connectivity index (χ3n) is 3.01. The standard InChI is InChI=1S/C14H19N5O2/c1-14(2,3)11-8-10(19(4)18-11)13(21)17-16-12(20)9-6-5-7-15-9/h5-8,15H,1-4H3,(H,16,20)(H,17,21). The lowest BCUT2D eigenvalue weighted by molar-refractivity contribution is 0.0839. The van der Waals surface area contributed by atoms with Crippen LogP contribution >= 0.6 is 0 Å². The van der Waals surface area contributed by atoms with E-state index in [1.54, 1.807) is 31.4 Å². The second kappa shape index (κ2) is 5.43. The molecule has 2 amide bonds. The first-order valence-electron chi connectivity index (χ1n) is 6.57. The van der Waals surface area contributed by atoms with Crippen LogP contribution in [0.2, 0.25) is 0 Å². The number of hydrogen-bond donors (Lipinski definition) is 3. The van der Waals surface area contributed by atoms with Crippen LogP contribution in [0.3, 0.4) is 0 Å². The molecule has 21 heavy (non-hydrogen) atoms. The quantitative estimate of drug-likeness (QED) is 0.723. The van der Waals surface area contributed by atoms with Gasteiger partial charge in [0.15, 0.2) is 0 Å². The largest absolute Gasteiger partial charge is 0.357 e. The van der Waals surface area contributed by atoms with Gasteiger partial charge in [-0.25, -0.2) is 0 Å². The van der Waals surface area contributed by atoms with Gasteiger partial charge in [0.25, 0.3) is 11.8 Å². The Hall–Kier alpha value is -2.57. The van der Waals surface area contributed by atoms with E-state index in [0.29, 0.717) is 11.4 Å². The Kier molecular flexibility index (Phi) is 3.84. The molecule has 2 heterocycles. The van der Waals surface area contributed by atoms with Gasteiger partial charge < -0.3 is 4.98 Å². The number of aromatic amines is 1. The van der Waals surface area contributed by atoms with Crippen LogP contribution < -0.4 is 10.9 Å². The predicted octanol–water partition coefficient (Wildman–Crippen LogP) is 1.12. The highest BCUT2D eigenvalue weighted by Crippen LogP contribution is 2.21. The molecule has 7 heteroatoms. The minimum atomic E-state index is -0.416. The van der Waals surface area contributed by atoms with Gasteiger partial charge in [0.1, 0.15) is 11.4 Å². The Bertz CT molecular complexity index is 649. The summed E-state index contributed by atoms with van der Waals surface area (Å²) in [7, 11) is 1.69. The SMILES string of the molecule is Cn1nc(C(C)(C)C)cc1C(=O)NNC(=O)c1ccc[nH]1. The van der Waals surface area contributed by atoms with Gasteiger partial charge in [-0.15, -0.1) is 0 Å². The molecule has 0 atom stereocenters. The van der Waals surface area contributed by atoms with Gasteiger partial charge in [-0.3, -0.25) is 25.1 Å². The van der Waals surface area contributed by atoms with Gasteiger partial charge in [-0.05, 0) is 18.2 Å². The number of rotatable bonds is 2. The maximum atomic E-state index is 12.1. The van der Waals surface area contributed by atoms with Crippen LogP contribution in [-0.4, -0.2) is 26.6 Å². The molecular formula is C14H19N5O2. The molecule has 0 unspecified atom stereocenters. The van der Waals surface area contributed by atoms with Gasteiger partial charge in [-0.1, -0.05) is 20.8 Å². The van der Waals surface area contributed by atoms with Gasteiger partial charge in [0, 0.05) is 18.7 Å². The summed E-state index contributed by atoms with van der Waals surface area (Å²) in [5.74, 6) is -0.827. The highest BCUT2D eigenvalue weighted by Gasteiger charge is 2.21. The first-order chi connectivity index (χ1) is 9.79. The van der Waals surface area contributed by atoms with E-state index in [4.69, 9.17) is 0 Å². The minimum Gasteiger partial charge on any atom is -0.357 e. The fourth-order valence-corrected chi connectivity index (χ4v) is 1.76. The molecule has 0 spiro atoms. The number of carbonyl (C=O) groups excluding carboxylic acids is 2. The molecule has 0 bridgehead atoms. The van der Waals surface area contributed by atoms with E-state index >= 15 is 0 Å². The summed E-state index contributed by atoms with van der Waals surface area (Å²) >= 11 is 0. The molecule has 0 aliphatic rings. The fraction of sp³-hybridized carbons (Fsp3) is 0.357. The highest BCUT2D eigenvalue weighted by molar-refractivity contribution is 5.97. The minimum absolute atomic E-state index is 0.149. The Labute approximate surface area is 122 Å². The molecule has 0 fully saturated rings. The van der Waals surface area contributed by atoms with E-state index in [-0.39, 0.29) is 5.41 Å². The average molecular weight is 289 g/mol. The highest BCUT2D eigenvalue weighted by atomic mass is 16.2. The number of H-pyrrole nitrogens is 1. The maximum Gasteiger partial charge on any atom is 0.287 e. The van der Waals surface area contributed by atoms with E-state index in [9.17, 15) is 9.59 Å². The van der Waals surface area contributed by atoms with Crippen molar-refractivity contribution >= 4 is 11.8 Å². The predicted molar refractivity (Wildman–Crippen MR) is 77.6 cm³/mol. The smallest absolute Gasteiger partial charge is 0.287 e. The number of aryl methyl sites for hydroxylation is 1. The second-order valence-electron chi connectivity index (χ2n) is 5.78. The van der Waals surface area contributed by atoms with Gasteiger partial charge >= 0.3 is 0 Å². The number of amides is 2. The molecule has 0 saturated heterocycles. The molecular weight excluding hydrogens is 270 g/mol. The molecule has 2 aromatic heterocycles. The van der Waals surface area contributed by atoms with Crippen molar-refractivity contribution in [3.8, 4) is 0 Å². The van der Waals surface area contributed by atoms with Crippen molar-refractivity contribution in [3.63, 3.8) is 0 Å². The zero-order valence-corrected chi connectivity index (χ0v) is 12.5. The summed E-state index contributed by atoms with van der Waals surface area (Å²) in [5.41, 5.74) is 6.14. The van der Waals surface area contributed by atoms with Crippen molar-refractivity contribution in [1.82, 2.24) is 25.6 Å². The summed E-state index contributed by atoms with van der Waals surface area (Å²) in [6.07, 6.45) is 1.63. The monoisotopic (exact) mass is 289 g/mol. The van der Waals surface area contributed by atoms with Crippen molar-refractivity contribution in [2.24, 2.45) is 7.05 Å². The van der Waals surface area contributed by atoms with Crippen LogP contribution in [0.1, 0.15) is 47.4 Å². The van der Waals surface area contributed by atoms with E-state index in [2.05, 4.69) is 20.9 Å². The number of hydrazine groups is 1. The Morgan fingerprint density at radius 1 is 1.24 bits per heavy atom. The fourth-order valence-electron chi connectivity index (χ4n) is 1.76. The molecule has 7 nitrogen and oxygen atoms in total. The van der Waals surface area contributed by atoms with Crippen molar-refractivity contribution in [3.05, 3.63) is 41.5 Å². The molecule has 0 aromatic carbocycles. The van der Waals surface area contributed by atoms with Crippen LogP contribution in [0.15, 0.2) is 24.4 Å².